The zero-order valence-electron chi connectivity index (χ0n) is 16.3. The average Bonchev–Trinajstić information content (AvgIpc) is 2.78. The van der Waals surface area contributed by atoms with Gasteiger partial charge in [0.05, 0.1) is 10.5 Å². The highest BCUT2D eigenvalue weighted by Crippen LogP contribution is 2.22. The second-order valence-electron chi connectivity index (χ2n) is 6.45. The molecule has 2 N–H and O–H groups in total. The fourth-order valence-corrected chi connectivity index (χ4v) is 3.54. The van der Waals surface area contributed by atoms with Crippen molar-refractivity contribution in [3.63, 3.8) is 0 Å². The lowest BCUT2D eigenvalue weighted by Gasteiger charge is -2.08. The van der Waals surface area contributed by atoms with Gasteiger partial charge in [-0.2, -0.15) is 8.42 Å². The number of hydrogen-bond acceptors (Lipinski definition) is 8. The first-order chi connectivity index (χ1) is 15.2. The van der Waals surface area contributed by atoms with E-state index in [1.165, 1.54) is 48.5 Å². The van der Waals surface area contributed by atoms with Gasteiger partial charge in [-0.3, -0.25) is 14.9 Å². The summed E-state index contributed by atoms with van der Waals surface area (Å²) in [4.78, 5) is 33.0. The van der Waals surface area contributed by atoms with Crippen LogP contribution in [0.1, 0.15) is 26.3 Å². The number of nitro benzene ring substituents is 1. The molecule has 0 aromatic heterocycles. The Morgan fingerprint density at radius 1 is 0.938 bits per heavy atom. The molecule has 32 heavy (non-hydrogen) atoms. The predicted molar refractivity (Wildman–Crippen MR) is 111 cm³/mol. The van der Waals surface area contributed by atoms with Gasteiger partial charge in [-0.25, -0.2) is 4.79 Å². The number of carbonyl (C=O) groups is 2. The van der Waals surface area contributed by atoms with Gasteiger partial charge >= 0.3 is 16.1 Å². The smallest absolute Gasteiger partial charge is 0.339 e. The molecule has 3 rings (SSSR count). The van der Waals surface area contributed by atoms with E-state index >= 15 is 0 Å². The Morgan fingerprint density at radius 2 is 1.56 bits per heavy atom. The third-order valence-corrected chi connectivity index (χ3v) is 5.46. The van der Waals surface area contributed by atoms with E-state index in [1.807, 2.05) is 0 Å². The molecule has 0 saturated carbocycles. The summed E-state index contributed by atoms with van der Waals surface area (Å²) in [6.07, 6.45) is 0. The molecule has 0 heterocycles. The zero-order chi connectivity index (χ0) is 23.3. The highest BCUT2D eigenvalue weighted by atomic mass is 32.2. The molecule has 11 heteroatoms. The number of nitrogens with two attached hydrogens (primary N) is 1. The molecule has 0 radical (unpaired) electrons. The van der Waals surface area contributed by atoms with Gasteiger partial charge in [0.25, 0.3) is 5.69 Å². The van der Waals surface area contributed by atoms with Crippen LogP contribution in [0.5, 0.6) is 5.75 Å². The molecule has 10 nitrogen and oxygen atoms in total. The van der Waals surface area contributed by atoms with Crippen molar-refractivity contribution in [2.45, 2.75) is 11.5 Å². The lowest BCUT2D eigenvalue weighted by molar-refractivity contribution is -0.385. The van der Waals surface area contributed by atoms with Crippen LogP contribution in [0, 0.1) is 10.1 Å². The molecule has 164 valence electrons. The number of non-ortho nitro benzene ring substituents is 1. The summed E-state index contributed by atoms with van der Waals surface area (Å²) in [7, 11) is -4.31. The molecule has 0 atom stereocenters. The summed E-state index contributed by atoms with van der Waals surface area (Å²) in [5.41, 5.74) is 5.90. The first-order valence-electron chi connectivity index (χ1n) is 9.00. The highest BCUT2D eigenvalue weighted by Gasteiger charge is 2.20. The van der Waals surface area contributed by atoms with Gasteiger partial charge in [0.15, 0.2) is 0 Å². The minimum absolute atomic E-state index is 0.0444. The molecule has 3 aromatic carbocycles. The molecule has 0 unspecified atom stereocenters. The minimum Gasteiger partial charge on any atom is -0.457 e. The number of rotatable bonds is 8. The first-order valence-corrected chi connectivity index (χ1v) is 10.4. The number of benzene rings is 3. The predicted octanol–water partition coefficient (Wildman–Crippen LogP) is 2.82. The Kier molecular flexibility index (Phi) is 6.50. The van der Waals surface area contributed by atoms with Gasteiger partial charge in [0, 0.05) is 17.7 Å². The lowest BCUT2D eigenvalue weighted by Crippen LogP contribution is -2.11. The number of primary amides is 1. The number of nitrogens with zero attached hydrogens (tertiary/aromatic N) is 1. The van der Waals surface area contributed by atoms with Gasteiger partial charge in [-0.05, 0) is 48.0 Å². The van der Waals surface area contributed by atoms with Gasteiger partial charge in [-0.15, -0.1) is 0 Å². The van der Waals surface area contributed by atoms with E-state index < -0.39 is 32.6 Å². The summed E-state index contributed by atoms with van der Waals surface area (Å²) in [5, 5.41) is 10.8. The maximum absolute atomic E-state index is 12.4. The Morgan fingerprint density at radius 3 is 2.16 bits per heavy atom. The number of nitro groups is 1. The van der Waals surface area contributed by atoms with Crippen LogP contribution in [0.3, 0.4) is 0 Å². The van der Waals surface area contributed by atoms with Crippen LogP contribution in [0.2, 0.25) is 0 Å². The van der Waals surface area contributed by atoms with Crippen LogP contribution in [-0.4, -0.2) is 25.2 Å². The molecular weight excluding hydrogens is 440 g/mol. The molecule has 0 bridgehead atoms. The van der Waals surface area contributed by atoms with Gasteiger partial charge in [0.1, 0.15) is 17.3 Å². The monoisotopic (exact) mass is 456 g/mol. The third kappa shape index (κ3) is 5.46. The normalized spacial score (nSPS) is 10.9. The molecule has 0 fully saturated rings. The summed E-state index contributed by atoms with van der Waals surface area (Å²) in [6, 6.07) is 15.8. The van der Waals surface area contributed by atoms with E-state index in [0.717, 1.165) is 12.1 Å². The fourth-order valence-electron chi connectivity index (χ4n) is 2.57. The quantitative estimate of drug-likeness (QED) is 0.235. The summed E-state index contributed by atoms with van der Waals surface area (Å²) in [6.45, 7) is -0.0444. The standard InChI is InChI=1S/C21H16N2O8S/c22-20(24)15-6-4-14(5-7-15)13-30-21(25)16-8-10-18(11-9-16)31-32(28,29)19-3-1-2-17(12-19)23(26)27/h1-12H,13H2,(H2,22,24). The zero-order valence-corrected chi connectivity index (χ0v) is 17.2. The van der Waals surface area contributed by atoms with Crippen molar-refractivity contribution in [2.75, 3.05) is 0 Å². The molecule has 0 spiro atoms. The first kappa shape index (κ1) is 22.4. The number of carbonyl (C=O) groups excluding carboxylic acids is 2. The molecule has 0 aliphatic carbocycles. The van der Waals surface area contributed by atoms with E-state index in [2.05, 4.69) is 0 Å². The molecule has 1 amide bonds. The van der Waals surface area contributed by atoms with Gasteiger partial charge in [-0.1, -0.05) is 18.2 Å². The van der Waals surface area contributed by atoms with Crippen molar-refractivity contribution in [3.05, 3.63) is 99.6 Å². The Bertz CT molecular complexity index is 1270. The van der Waals surface area contributed by atoms with Crippen molar-refractivity contribution in [1.82, 2.24) is 0 Å². The number of amides is 1. The van der Waals surface area contributed by atoms with E-state index in [-0.39, 0.29) is 22.8 Å². The highest BCUT2D eigenvalue weighted by molar-refractivity contribution is 7.87. The fraction of sp³-hybridized carbons (Fsp3) is 0.0476. The lowest BCUT2D eigenvalue weighted by atomic mass is 10.1. The van der Waals surface area contributed by atoms with Crippen LogP contribution in [0.25, 0.3) is 0 Å². The SMILES string of the molecule is NC(=O)c1ccc(COC(=O)c2ccc(OS(=O)(=O)c3cccc([N+](=O)[O-])c3)cc2)cc1. The van der Waals surface area contributed by atoms with E-state index in [0.29, 0.717) is 11.1 Å². The van der Waals surface area contributed by atoms with Crippen molar-refractivity contribution in [2.24, 2.45) is 5.73 Å². The summed E-state index contributed by atoms with van der Waals surface area (Å²) < 4.78 is 34.9. The van der Waals surface area contributed by atoms with Crippen LogP contribution in [-0.2, 0) is 21.5 Å². The van der Waals surface area contributed by atoms with Crippen LogP contribution in [0.15, 0.2) is 77.7 Å². The number of hydrogen-bond donors (Lipinski definition) is 1. The largest absolute Gasteiger partial charge is 0.457 e. The van der Waals surface area contributed by atoms with Crippen LogP contribution < -0.4 is 9.92 Å². The molecule has 3 aromatic rings. The van der Waals surface area contributed by atoms with Crippen LogP contribution in [0.4, 0.5) is 5.69 Å². The maximum Gasteiger partial charge on any atom is 0.339 e. The van der Waals surface area contributed by atoms with Crippen LogP contribution >= 0.6 is 0 Å². The van der Waals surface area contributed by atoms with E-state index in [4.69, 9.17) is 14.7 Å². The number of esters is 1. The Labute approximate surface area is 182 Å². The third-order valence-electron chi connectivity index (χ3n) is 4.22. The molecule has 0 saturated heterocycles. The Balaban J connectivity index is 1.64. The van der Waals surface area contributed by atoms with Crippen molar-refractivity contribution in [3.8, 4) is 5.75 Å². The second kappa shape index (κ2) is 9.27. The maximum atomic E-state index is 12.4. The minimum atomic E-state index is -4.31. The van der Waals surface area contributed by atoms with E-state index in [1.54, 1.807) is 12.1 Å². The topological polar surface area (TPSA) is 156 Å². The number of ether oxygens (including phenoxy) is 1. The van der Waals surface area contributed by atoms with Crippen molar-refractivity contribution < 1.29 is 31.9 Å². The second-order valence-corrected chi connectivity index (χ2v) is 8.00. The molecular formula is C21H16N2O8S. The molecule has 0 aliphatic heterocycles. The average molecular weight is 456 g/mol. The van der Waals surface area contributed by atoms with E-state index in [9.17, 15) is 28.1 Å². The van der Waals surface area contributed by atoms with Gasteiger partial charge < -0.3 is 14.7 Å². The van der Waals surface area contributed by atoms with Crippen molar-refractivity contribution >= 4 is 27.7 Å². The van der Waals surface area contributed by atoms with Crippen molar-refractivity contribution in [1.29, 1.82) is 0 Å². The Hall–Kier alpha value is -4.25. The van der Waals surface area contributed by atoms with Gasteiger partial charge in [0.2, 0.25) is 5.91 Å². The molecule has 0 aliphatic rings. The summed E-state index contributed by atoms with van der Waals surface area (Å²) >= 11 is 0. The summed E-state index contributed by atoms with van der Waals surface area (Å²) in [5.74, 6) is -1.31.